The Morgan fingerprint density at radius 3 is 2.67 bits per heavy atom. The molecule has 0 saturated carbocycles. The summed E-state index contributed by atoms with van der Waals surface area (Å²) in [6.45, 7) is 4.00. The summed E-state index contributed by atoms with van der Waals surface area (Å²) >= 11 is 5.87. The van der Waals surface area contributed by atoms with Crippen molar-refractivity contribution in [2.45, 2.75) is 0 Å². The van der Waals surface area contributed by atoms with Gasteiger partial charge in [0, 0.05) is 10.7 Å². The van der Waals surface area contributed by atoms with Crippen molar-refractivity contribution in [1.82, 2.24) is 0 Å². The van der Waals surface area contributed by atoms with Crippen LogP contribution in [0.25, 0.3) is 6.08 Å². The molecule has 1 amide bonds. The average Bonchev–Trinajstić information content (AvgIpc) is 2.58. The first-order valence-electron chi connectivity index (χ1n) is 7.15. The first-order valence-corrected chi connectivity index (χ1v) is 7.52. The summed E-state index contributed by atoms with van der Waals surface area (Å²) < 4.78 is 5.38. The molecule has 0 bridgehead atoms. The maximum atomic E-state index is 12.2. The van der Waals surface area contributed by atoms with Gasteiger partial charge >= 0.3 is 0 Å². The molecule has 4 nitrogen and oxygen atoms in total. The largest absolute Gasteiger partial charge is 0.490 e. The van der Waals surface area contributed by atoms with E-state index < -0.39 is 5.91 Å². The summed E-state index contributed by atoms with van der Waals surface area (Å²) in [5, 5.41) is 12.4. The highest BCUT2D eigenvalue weighted by molar-refractivity contribution is 6.31. The van der Waals surface area contributed by atoms with E-state index in [-0.39, 0.29) is 5.57 Å². The lowest BCUT2D eigenvalue weighted by atomic mass is 10.1. The molecule has 0 fully saturated rings. The molecule has 0 atom stereocenters. The Hall–Kier alpha value is -3.03. The van der Waals surface area contributed by atoms with Crippen molar-refractivity contribution in [3.63, 3.8) is 0 Å². The van der Waals surface area contributed by atoms with E-state index in [0.717, 1.165) is 5.56 Å². The number of amides is 1. The molecule has 1 N–H and O–H groups in total. The van der Waals surface area contributed by atoms with Crippen molar-refractivity contribution in [3.8, 4) is 11.8 Å². The molecule has 5 heteroatoms. The van der Waals surface area contributed by atoms with Crippen LogP contribution in [0.3, 0.4) is 0 Å². The molecule has 0 heterocycles. The normalized spacial score (nSPS) is 10.6. The molecule has 120 valence electrons. The number of hydrogen-bond acceptors (Lipinski definition) is 3. The Bertz CT molecular complexity index is 805. The smallest absolute Gasteiger partial charge is 0.266 e. The van der Waals surface area contributed by atoms with Gasteiger partial charge in [-0.3, -0.25) is 4.79 Å². The summed E-state index contributed by atoms with van der Waals surface area (Å²) in [5.41, 5.74) is 1.25. The topological polar surface area (TPSA) is 62.1 Å². The van der Waals surface area contributed by atoms with Gasteiger partial charge in [0.25, 0.3) is 5.91 Å². The van der Waals surface area contributed by atoms with Crippen LogP contribution in [-0.2, 0) is 4.79 Å². The molecule has 2 aromatic rings. The fraction of sp³-hybridized carbons (Fsp3) is 0.0526. The fourth-order valence-electron chi connectivity index (χ4n) is 1.90. The van der Waals surface area contributed by atoms with Gasteiger partial charge in [-0.1, -0.05) is 42.5 Å². The molecule has 24 heavy (non-hydrogen) atoms. The van der Waals surface area contributed by atoms with Crippen LogP contribution in [0.4, 0.5) is 5.69 Å². The summed E-state index contributed by atoms with van der Waals surface area (Å²) in [6.07, 6.45) is 3.17. The van der Waals surface area contributed by atoms with Crippen molar-refractivity contribution in [3.05, 3.63) is 77.3 Å². The number of nitrogens with one attached hydrogen (secondary N) is 1. The summed E-state index contributed by atoms with van der Waals surface area (Å²) in [4.78, 5) is 12.2. The van der Waals surface area contributed by atoms with Gasteiger partial charge in [-0.05, 0) is 42.0 Å². The highest BCUT2D eigenvalue weighted by Gasteiger charge is 2.09. The Kier molecular flexibility index (Phi) is 6.18. The predicted octanol–water partition coefficient (Wildman–Crippen LogP) is 4.45. The van der Waals surface area contributed by atoms with Gasteiger partial charge < -0.3 is 10.1 Å². The van der Waals surface area contributed by atoms with E-state index in [1.54, 1.807) is 54.6 Å². The van der Waals surface area contributed by atoms with E-state index >= 15 is 0 Å². The molecule has 0 spiro atoms. The van der Waals surface area contributed by atoms with Crippen LogP contribution < -0.4 is 10.1 Å². The Morgan fingerprint density at radius 2 is 2.04 bits per heavy atom. The standard InChI is InChI=1S/C19H15ClN2O2/c1-2-10-24-18-8-6-14(7-9-18)11-15(13-21)19(23)22-17-5-3-4-16(20)12-17/h2-9,11-12H,1,10H2,(H,22,23)/b15-11-. The lowest BCUT2D eigenvalue weighted by Gasteiger charge is -2.05. The van der Waals surface area contributed by atoms with Crippen molar-refractivity contribution in [1.29, 1.82) is 5.26 Å². The van der Waals surface area contributed by atoms with Gasteiger partial charge in [0.1, 0.15) is 24.0 Å². The maximum absolute atomic E-state index is 12.2. The number of carbonyl (C=O) groups excluding carboxylic acids is 1. The first-order chi connectivity index (χ1) is 11.6. The number of anilines is 1. The van der Waals surface area contributed by atoms with Crippen LogP contribution in [0.1, 0.15) is 5.56 Å². The Balaban J connectivity index is 2.12. The highest BCUT2D eigenvalue weighted by Crippen LogP contribution is 2.17. The average molecular weight is 339 g/mol. The van der Waals surface area contributed by atoms with Crippen LogP contribution >= 0.6 is 11.6 Å². The first kappa shape index (κ1) is 17.3. The molecule has 0 unspecified atom stereocenters. The Morgan fingerprint density at radius 1 is 1.29 bits per heavy atom. The van der Waals surface area contributed by atoms with Gasteiger partial charge in [0.15, 0.2) is 0 Å². The molecule has 0 radical (unpaired) electrons. The van der Waals surface area contributed by atoms with Gasteiger partial charge in [-0.15, -0.1) is 0 Å². The van der Waals surface area contributed by atoms with Crippen LogP contribution in [0.5, 0.6) is 5.75 Å². The Labute approximate surface area is 145 Å². The van der Waals surface area contributed by atoms with E-state index in [4.69, 9.17) is 16.3 Å². The maximum Gasteiger partial charge on any atom is 0.266 e. The van der Waals surface area contributed by atoms with Crippen molar-refractivity contribution in [2.24, 2.45) is 0 Å². The predicted molar refractivity (Wildman–Crippen MR) is 95.8 cm³/mol. The van der Waals surface area contributed by atoms with E-state index in [9.17, 15) is 10.1 Å². The quantitative estimate of drug-likeness (QED) is 0.481. The molecular formula is C19H15ClN2O2. The zero-order valence-corrected chi connectivity index (χ0v) is 13.6. The molecule has 2 rings (SSSR count). The van der Waals surface area contributed by atoms with E-state index in [1.807, 2.05) is 6.07 Å². The van der Waals surface area contributed by atoms with Crippen LogP contribution in [0.2, 0.25) is 5.02 Å². The number of benzene rings is 2. The third-order valence-electron chi connectivity index (χ3n) is 3.01. The monoisotopic (exact) mass is 338 g/mol. The minimum absolute atomic E-state index is 0.00487. The van der Waals surface area contributed by atoms with Gasteiger partial charge in [-0.25, -0.2) is 0 Å². The van der Waals surface area contributed by atoms with Crippen LogP contribution in [0, 0.1) is 11.3 Å². The summed E-state index contributed by atoms with van der Waals surface area (Å²) in [5.74, 6) is 0.195. The van der Waals surface area contributed by atoms with Gasteiger partial charge in [-0.2, -0.15) is 5.26 Å². The van der Waals surface area contributed by atoms with Gasteiger partial charge in [0.05, 0.1) is 0 Å². The molecule has 0 saturated heterocycles. The number of nitriles is 1. The summed E-state index contributed by atoms with van der Waals surface area (Å²) in [6, 6.07) is 15.7. The zero-order chi connectivity index (χ0) is 17.4. The van der Waals surface area contributed by atoms with Gasteiger partial charge in [0.2, 0.25) is 0 Å². The lowest BCUT2D eigenvalue weighted by molar-refractivity contribution is -0.112. The molecule has 0 aromatic heterocycles. The molecular weight excluding hydrogens is 324 g/mol. The molecule has 2 aromatic carbocycles. The molecule has 0 aliphatic rings. The van der Waals surface area contributed by atoms with Crippen molar-refractivity contribution >= 4 is 29.3 Å². The fourth-order valence-corrected chi connectivity index (χ4v) is 2.09. The van der Waals surface area contributed by atoms with E-state index in [2.05, 4.69) is 11.9 Å². The minimum atomic E-state index is -0.494. The number of hydrogen-bond donors (Lipinski definition) is 1. The third kappa shape index (κ3) is 5.01. The number of ether oxygens (including phenoxy) is 1. The number of carbonyl (C=O) groups is 1. The van der Waals surface area contributed by atoms with Crippen LogP contribution in [-0.4, -0.2) is 12.5 Å². The van der Waals surface area contributed by atoms with Crippen molar-refractivity contribution in [2.75, 3.05) is 11.9 Å². The second-order valence-electron chi connectivity index (χ2n) is 4.80. The summed E-state index contributed by atoms with van der Waals surface area (Å²) in [7, 11) is 0. The minimum Gasteiger partial charge on any atom is -0.490 e. The highest BCUT2D eigenvalue weighted by atomic mass is 35.5. The number of nitrogens with zero attached hydrogens (tertiary/aromatic N) is 1. The number of rotatable bonds is 6. The number of halogens is 1. The van der Waals surface area contributed by atoms with E-state index in [1.165, 1.54) is 6.08 Å². The van der Waals surface area contributed by atoms with E-state index in [0.29, 0.717) is 23.1 Å². The second kappa shape index (κ2) is 8.56. The van der Waals surface area contributed by atoms with Crippen molar-refractivity contribution < 1.29 is 9.53 Å². The molecule has 0 aliphatic heterocycles. The van der Waals surface area contributed by atoms with Crippen LogP contribution in [0.15, 0.2) is 66.8 Å². The third-order valence-corrected chi connectivity index (χ3v) is 3.24. The second-order valence-corrected chi connectivity index (χ2v) is 5.24. The zero-order valence-electron chi connectivity index (χ0n) is 12.8. The molecule has 0 aliphatic carbocycles. The lowest BCUT2D eigenvalue weighted by Crippen LogP contribution is -2.13. The SMILES string of the molecule is C=CCOc1ccc(/C=C(/C#N)C(=O)Nc2cccc(Cl)c2)cc1.